The maximum Gasteiger partial charge on any atom is 0.334 e. The molecule has 6 heteroatoms. The molecule has 21 heavy (non-hydrogen) atoms. The standard InChI is InChI=1S/C15H15IN2O3/c1-8(4-5-17)14(19)13-10-6-9(16)2-3-12(10)18-7-11(13)15(20)21/h2-3,5-8,13,17-18H,4H2,1H3,(H,20,21)/t8-,13?/m0/s1. The zero-order chi connectivity index (χ0) is 15.6. The number of anilines is 1. The van der Waals surface area contributed by atoms with Crippen molar-refractivity contribution in [3.8, 4) is 0 Å². The van der Waals surface area contributed by atoms with Crippen LogP contribution in [0.4, 0.5) is 5.69 Å². The van der Waals surface area contributed by atoms with E-state index in [2.05, 4.69) is 27.9 Å². The summed E-state index contributed by atoms with van der Waals surface area (Å²) < 4.78 is 0.942. The highest BCUT2D eigenvalue weighted by Crippen LogP contribution is 2.38. The highest BCUT2D eigenvalue weighted by atomic mass is 127. The Morgan fingerprint density at radius 2 is 2.24 bits per heavy atom. The van der Waals surface area contributed by atoms with E-state index in [4.69, 9.17) is 5.41 Å². The van der Waals surface area contributed by atoms with Gasteiger partial charge < -0.3 is 15.8 Å². The monoisotopic (exact) mass is 398 g/mol. The lowest BCUT2D eigenvalue weighted by Crippen LogP contribution is -2.28. The van der Waals surface area contributed by atoms with Crippen LogP contribution in [-0.2, 0) is 9.59 Å². The third kappa shape index (κ3) is 3.15. The normalized spacial score (nSPS) is 18.0. The SMILES string of the molecule is C[C@@H](CC=N)C(=O)C1C(C(=O)O)=CNc2ccc(I)cc21. The van der Waals surface area contributed by atoms with Gasteiger partial charge in [-0.25, -0.2) is 4.79 Å². The van der Waals surface area contributed by atoms with E-state index in [1.165, 1.54) is 12.4 Å². The quantitative estimate of drug-likeness (QED) is 0.526. The summed E-state index contributed by atoms with van der Waals surface area (Å²) in [6.45, 7) is 1.72. The Bertz CT molecular complexity index is 640. The Hall–Kier alpha value is -1.70. The Morgan fingerprint density at radius 1 is 1.52 bits per heavy atom. The molecule has 0 spiro atoms. The third-order valence-corrected chi connectivity index (χ3v) is 4.18. The van der Waals surface area contributed by atoms with Crippen LogP contribution < -0.4 is 5.32 Å². The molecule has 0 amide bonds. The fourth-order valence-corrected chi connectivity index (χ4v) is 2.89. The fraction of sp³-hybridized carbons (Fsp3) is 0.267. The van der Waals surface area contributed by atoms with Crippen molar-refractivity contribution >= 4 is 46.2 Å². The van der Waals surface area contributed by atoms with Gasteiger partial charge in [0.25, 0.3) is 0 Å². The van der Waals surface area contributed by atoms with Crippen LogP contribution in [0.15, 0.2) is 30.0 Å². The lowest BCUT2D eigenvalue weighted by atomic mass is 9.80. The number of benzene rings is 1. The van der Waals surface area contributed by atoms with Gasteiger partial charge in [0.05, 0.1) is 11.5 Å². The minimum Gasteiger partial charge on any atom is -0.478 e. The molecule has 110 valence electrons. The van der Waals surface area contributed by atoms with E-state index in [0.717, 1.165) is 9.26 Å². The summed E-state index contributed by atoms with van der Waals surface area (Å²) in [6.07, 6.45) is 2.88. The largest absolute Gasteiger partial charge is 0.478 e. The number of fused-ring (bicyclic) bond motifs is 1. The Morgan fingerprint density at radius 3 is 2.86 bits per heavy atom. The van der Waals surface area contributed by atoms with E-state index in [-0.39, 0.29) is 17.3 Å². The second-order valence-corrected chi connectivity index (χ2v) is 6.20. The molecule has 0 aromatic heterocycles. The van der Waals surface area contributed by atoms with Crippen molar-refractivity contribution in [3.63, 3.8) is 0 Å². The Balaban J connectivity index is 2.50. The van der Waals surface area contributed by atoms with Gasteiger partial charge in [0.2, 0.25) is 0 Å². The molecule has 0 aliphatic carbocycles. The molecule has 0 fully saturated rings. The lowest BCUT2D eigenvalue weighted by molar-refractivity contribution is -0.134. The van der Waals surface area contributed by atoms with Crippen LogP contribution in [0.5, 0.6) is 0 Å². The van der Waals surface area contributed by atoms with Crippen LogP contribution in [0.3, 0.4) is 0 Å². The molecule has 2 atom stereocenters. The second kappa shape index (κ2) is 6.38. The van der Waals surface area contributed by atoms with Gasteiger partial charge in [0.15, 0.2) is 0 Å². The van der Waals surface area contributed by atoms with Crippen molar-refractivity contribution in [3.05, 3.63) is 39.1 Å². The van der Waals surface area contributed by atoms with Gasteiger partial charge in [-0.2, -0.15) is 0 Å². The summed E-state index contributed by atoms with van der Waals surface area (Å²) in [5, 5.41) is 19.4. The van der Waals surface area contributed by atoms with Gasteiger partial charge in [0.1, 0.15) is 5.78 Å². The average Bonchev–Trinajstić information content (AvgIpc) is 2.45. The topological polar surface area (TPSA) is 90.2 Å². The number of ketones is 1. The van der Waals surface area contributed by atoms with E-state index < -0.39 is 11.9 Å². The molecule has 0 saturated heterocycles. The number of hydrogen-bond donors (Lipinski definition) is 3. The highest BCUT2D eigenvalue weighted by molar-refractivity contribution is 14.1. The van der Waals surface area contributed by atoms with Crippen molar-refractivity contribution in [2.75, 3.05) is 5.32 Å². The van der Waals surface area contributed by atoms with E-state index in [9.17, 15) is 14.7 Å². The summed E-state index contributed by atoms with van der Waals surface area (Å²) in [4.78, 5) is 24.1. The van der Waals surface area contributed by atoms with Gasteiger partial charge in [-0.1, -0.05) is 6.92 Å². The van der Waals surface area contributed by atoms with Crippen LogP contribution >= 0.6 is 22.6 Å². The van der Waals surface area contributed by atoms with Crippen LogP contribution in [0, 0.1) is 14.9 Å². The summed E-state index contributed by atoms with van der Waals surface area (Å²) in [5.41, 5.74) is 1.48. The van der Waals surface area contributed by atoms with Gasteiger partial charge in [-0.15, -0.1) is 0 Å². The molecule has 1 aromatic carbocycles. The number of carbonyl (C=O) groups is 2. The molecule has 0 bridgehead atoms. The zero-order valence-corrected chi connectivity index (χ0v) is 13.5. The highest BCUT2D eigenvalue weighted by Gasteiger charge is 2.35. The number of carboxylic acids is 1. The molecule has 1 aliphatic rings. The first kappa shape index (κ1) is 15.7. The van der Waals surface area contributed by atoms with E-state index in [1.54, 1.807) is 6.92 Å². The first-order valence-electron chi connectivity index (χ1n) is 6.47. The van der Waals surface area contributed by atoms with E-state index >= 15 is 0 Å². The number of carboxylic acid groups (broad SMARTS) is 1. The molecule has 0 radical (unpaired) electrons. The number of carbonyl (C=O) groups excluding carboxylic acids is 1. The number of nitrogens with one attached hydrogen (secondary N) is 2. The average molecular weight is 398 g/mol. The molecule has 2 rings (SSSR count). The predicted molar refractivity (Wildman–Crippen MR) is 88.8 cm³/mol. The van der Waals surface area contributed by atoms with Crippen LogP contribution in [0.25, 0.3) is 0 Å². The van der Waals surface area contributed by atoms with Gasteiger partial charge in [-0.05, 0) is 59.0 Å². The maximum atomic E-state index is 12.6. The number of hydrogen-bond acceptors (Lipinski definition) is 4. The fourth-order valence-electron chi connectivity index (χ4n) is 2.38. The van der Waals surface area contributed by atoms with E-state index in [1.807, 2.05) is 18.2 Å². The van der Waals surface area contributed by atoms with Crippen LogP contribution in [0.2, 0.25) is 0 Å². The zero-order valence-electron chi connectivity index (χ0n) is 11.4. The minimum atomic E-state index is -1.10. The molecular formula is C15H15IN2O3. The molecule has 3 N–H and O–H groups in total. The molecule has 1 heterocycles. The summed E-state index contributed by atoms with van der Waals surface area (Å²) in [6, 6.07) is 5.57. The number of aliphatic carboxylic acids is 1. The van der Waals surface area contributed by atoms with E-state index in [0.29, 0.717) is 12.0 Å². The first-order valence-corrected chi connectivity index (χ1v) is 7.55. The first-order chi connectivity index (χ1) is 9.95. The second-order valence-electron chi connectivity index (χ2n) is 4.96. The lowest BCUT2D eigenvalue weighted by Gasteiger charge is -2.26. The van der Waals surface area contributed by atoms with Gasteiger partial charge in [0, 0.05) is 21.4 Å². The molecule has 1 aromatic rings. The molecule has 0 saturated carbocycles. The smallest absolute Gasteiger partial charge is 0.334 e. The van der Waals surface area contributed by atoms with Crippen LogP contribution in [-0.4, -0.2) is 23.1 Å². The van der Waals surface area contributed by atoms with Gasteiger partial charge >= 0.3 is 5.97 Å². The molecule has 1 unspecified atom stereocenters. The molecule has 1 aliphatic heterocycles. The number of Topliss-reactive ketones (excluding diaryl/α,β-unsaturated/α-hetero) is 1. The summed E-state index contributed by atoms with van der Waals surface area (Å²) in [7, 11) is 0. The van der Waals surface area contributed by atoms with Crippen molar-refractivity contribution in [1.82, 2.24) is 0 Å². The number of rotatable bonds is 5. The summed E-state index contributed by atoms with van der Waals surface area (Å²) >= 11 is 2.14. The van der Waals surface area contributed by atoms with Crippen molar-refractivity contribution < 1.29 is 14.7 Å². The van der Waals surface area contributed by atoms with Crippen molar-refractivity contribution in [2.24, 2.45) is 5.92 Å². The maximum absolute atomic E-state index is 12.6. The predicted octanol–water partition coefficient (Wildman–Crippen LogP) is 3.01. The van der Waals surface area contributed by atoms with Crippen molar-refractivity contribution in [1.29, 1.82) is 5.41 Å². The third-order valence-electron chi connectivity index (χ3n) is 3.51. The van der Waals surface area contributed by atoms with Gasteiger partial charge in [-0.3, -0.25) is 4.79 Å². The Kier molecular flexibility index (Phi) is 4.76. The minimum absolute atomic E-state index is 0.0475. The Labute approximate surface area is 136 Å². The number of halogens is 1. The molecule has 5 nitrogen and oxygen atoms in total. The molecular weight excluding hydrogens is 383 g/mol. The van der Waals surface area contributed by atoms with Crippen molar-refractivity contribution in [2.45, 2.75) is 19.3 Å². The summed E-state index contributed by atoms with van der Waals surface area (Å²) in [5.74, 6) is -2.45. The van der Waals surface area contributed by atoms with Crippen LogP contribution in [0.1, 0.15) is 24.8 Å².